The Morgan fingerprint density at radius 3 is 2.50 bits per heavy atom. The maximum absolute atomic E-state index is 12.9. The van der Waals surface area contributed by atoms with Crippen molar-refractivity contribution in [3.63, 3.8) is 0 Å². The standard InChI is InChI=1S/C19H25N3O4/c1-12-11-15-5-3-4-6-16(15)22(12)17(23)13(2)20-19(26)21-9-7-14(8-10-21)18(24)25/h3-6,12-14H,7-11H2,1-2H3,(H,20,26)(H,24,25). The van der Waals surface area contributed by atoms with Crippen molar-refractivity contribution in [1.29, 1.82) is 0 Å². The Morgan fingerprint density at radius 1 is 1.19 bits per heavy atom. The van der Waals surface area contributed by atoms with Gasteiger partial charge < -0.3 is 20.2 Å². The lowest BCUT2D eigenvalue weighted by Crippen LogP contribution is -2.53. The largest absolute Gasteiger partial charge is 0.481 e. The number of carbonyl (C=O) groups is 3. The lowest BCUT2D eigenvalue weighted by atomic mass is 9.97. The van der Waals surface area contributed by atoms with Crippen LogP contribution in [0.3, 0.4) is 0 Å². The van der Waals surface area contributed by atoms with Gasteiger partial charge in [-0.05, 0) is 44.7 Å². The van der Waals surface area contributed by atoms with Crippen LogP contribution in [-0.4, -0.2) is 53.1 Å². The molecule has 7 heteroatoms. The van der Waals surface area contributed by atoms with Crippen LogP contribution in [0, 0.1) is 5.92 Å². The Hall–Kier alpha value is -2.57. The first-order valence-electron chi connectivity index (χ1n) is 9.07. The minimum atomic E-state index is -0.810. The lowest BCUT2D eigenvalue weighted by molar-refractivity contribution is -0.143. The molecule has 2 unspecified atom stereocenters. The molecule has 1 saturated heterocycles. The van der Waals surface area contributed by atoms with E-state index in [1.807, 2.05) is 31.2 Å². The van der Waals surface area contributed by atoms with E-state index < -0.39 is 12.0 Å². The molecule has 0 saturated carbocycles. The van der Waals surface area contributed by atoms with E-state index in [0.717, 1.165) is 17.7 Å². The molecule has 2 N–H and O–H groups in total. The van der Waals surface area contributed by atoms with Crippen molar-refractivity contribution in [3.05, 3.63) is 29.8 Å². The van der Waals surface area contributed by atoms with Gasteiger partial charge in [-0.15, -0.1) is 0 Å². The quantitative estimate of drug-likeness (QED) is 0.862. The maximum Gasteiger partial charge on any atom is 0.318 e. The minimum Gasteiger partial charge on any atom is -0.481 e. The highest BCUT2D eigenvalue weighted by Gasteiger charge is 2.34. The molecule has 140 valence electrons. The molecule has 1 aromatic carbocycles. The van der Waals surface area contributed by atoms with Gasteiger partial charge in [-0.25, -0.2) is 4.79 Å². The van der Waals surface area contributed by atoms with Crippen LogP contribution in [-0.2, 0) is 16.0 Å². The van der Waals surface area contributed by atoms with Gasteiger partial charge in [0.1, 0.15) is 6.04 Å². The average Bonchev–Trinajstić information content (AvgIpc) is 2.96. The number of nitrogens with one attached hydrogen (secondary N) is 1. The zero-order valence-corrected chi connectivity index (χ0v) is 15.1. The molecule has 2 atom stereocenters. The monoisotopic (exact) mass is 359 g/mol. The van der Waals surface area contributed by atoms with Crippen molar-refractivity contribution in [3.8, 4) is 0 Å². The van der Waals surface area contributed by atoms with Crippen LogP contribution in [0.5, 0.6) is 0 Å². The van der Waals surface area contributed by atoms with Crippen molar-refractivity contribution in [2.45, 2.75) is 45.2 Å². The second-order valence-corrected chi connectivity index (χ2v) is 7.16. The van der Waals surface area contributed by atoms with Gasteiger partial charge in [0.15, 0.2) is 0 Å². The summed E-state index contributed by atoms with van der Waals surface area (Å²) in [6.07, 6.45) is 1.70. The molecular formula is C19H25N3O4. The van der Waals surface area contributed by atoms with E-state index in [-0.39, 0.29) is 23.9 Å². The van der Waals surface area contributed by atoms with Crippen molar-refractivity contribution in [1.82, 2.24) is 10.2 Å². The third kappa shape index (κ3) is 3.52. The third-order valence-corrected chi connectivity index (χ3v) is 5.29. The summed E-state index contributed by atoms with van der Waals surface area (Å²) in [6, 6.07) is 6.93. The van der Waals surface area contributed by atoms with Crippen molar-refractivity contribution in [2.24, 2.45) is 5.92 Å². The van der Waals surface area contributed by atoms with Crippen LogP contribution in [0.15, 0.2) is 24.3 Å². The fourth-order valence-corrected chi connectivity index (χ4v) is 3.78. The highest BCUT2D eigenvalue weighted by molar-refractivity contribution is 6.00. The van der Waals surface area contributed by atoms with Gasteiger partial charge in [0.2, 0.25) is 5.91 Å². The van der Waals surface area contributed by atoms with Gasteiger partial charge in [-0.1, -0.05) is 18.2 Å². The summed E-state index contributed by atoms with van der Waals surface area (Å²) < 4.78 is 0. The molecule has 0 spiro atoms. The van der Waals surface area contributed by atoms with E-state index in [1.165, 1.54) is 0 Å². The topological polar surface area (TPSA) is 90.0 Å². The first-order valence-corrected chi connectivity index (χ1v) is 9.07. The van der Waals surface area contributed by atoms with Crippen LogP contribution in [0.1, 0.15) is 32.3 Å². The number of benzene rings is 1. The molecule has 0 bridgehead atoms. The molecule has 26 heavy (non-hydrogen) atoms. The van der Waals surface area contributed by atoms with E-state index in [2.05, 4.69) is 5.32 Å². The van der Waals surface area contributed by atoms with E-state index in [1.54, 1.807) is 16.7 Å². The van der Waals surface area contributed by atoms with Crippen molar-refractivity contribution in [2.75, 3.05) is 18.0 Å². The lowest BCUT2D eigenvalue weighted by Gasteiger charge is -2.32. The summed E-state index contributed by atoms with van der Waals surface area (Å²) in [4.78, 5) is 39.7. The number of hydrogen-bond donors (Lipinski definition) is 2. The molecule has 1 fully saturated rings. The van der Waals surface area contributed by atoms with Gasteiger partial charge in [0, 0.05) is 24.8 Å². The summed E-state index contributed by atoms with van der Waals surface area (Å²) >= 11 is 0. The van der Waals surface area contributed by atoms with E-state index in [9.17, 15) is 14.4 Å². The number of fused-ring (bicyclic) bond motifs is 1. The number of nitrogens with zero attached hydrogens (tertiary/aromatic N) is 2. The molecule has 3 rings (SSSR count). The number of piperidine rings is 1. The molecular weight excluding hydrogens is 334 g/mol. The minimum absolute atomic E-state index is 0.0607. The SMILES string of the molecule is CC(NC(=O)N1CCC(C(=O)O)CC1)C(=O)N1c2ccccc2CC1C. The van der Waals surface area contributed by atoms with Gasteiger partial charge >= 0.3 is 12.0 Å². The van der Waals surface area contributed by atoms with Gasteiger partial charge in [0.05, 0.1) is 5.92 Å². The van der Waals surface area contributed by atoms with Crippen LogP contribution in [0.2, 0.25) is 0 Å². The summed E-state index contributed by atoms with van der Waals surface area (Å²) in [7, 11) is 0. The number of rotatable bonds is 3. The molecule has 2 aliphatic rings. The van der Waals surface area contributed by atoms with E-state index in [4.69, 9.17) is 5.11 Å². The van der Waals surface area contributed by atoms with Gasteiger partial charge in [-0.3, -0.25) is 9.59 Å². The van der Waals surface area contributed by atoms with E-state index >= 15 is 0 Å². The maximum atomic E-state index is 12.9. The van der Waals surface area contributed by atoms with Gasteiger partial charge in [-0.2, -0.15) is 0 Å². The summed E-state index contributed by atoms with van der Waals surface area (Å²) in [5, 5.41) is 11.8. The van der Waals surface area contributed by atoms with Crippen LogP contribution >= 0.6 is 0 Å². The molecule has 1 aromatic rings. The smallest absolute Gasteiger partial charge is 0.318 e. The second-order valence-electron chi connectivity index (χ2n) is 7.16. The van der Waals surface area contributed by atoms with E-state index in [0.29, 0.717) is 25.9 Å². The summed E-state index contributed by atoms with van der Waals surface area (Å²) in [6.45, 7) is 4.49. The number of amides is 3. The zero-order chi connectivity index (χ0) is 18.8. The molecule has 2 aliphatic heterocycles. The molecule has 2 heterocycles. The fraction of sp³-hybridized carbons (Fsp3) is 0.526. The predicted molar refractivity (Wildman–Crippen MR) is 97.0 cm³/mol. The predicted octanol–water partition coefficient (Wildman–Crippen LogP) is 1.86. The number of likely N-dealkylation sites (tertiary alicyclic amines) is 1. The van der Waals surface area contributed by atoms with Crippen LogP contribution < -0.4 is 10.2 Å². The Balaban J connectivity index is 1.60. The molecule has 0 radical (unpaired) electrons. The summed E-state index contributed by atoms with van der Waals surface area (Å²) in [5.74, 6) is -1.33. The Bertz CT molecular complexity index is 712. The zero-order valence-electron chi connectivity index (χ0n) is 15.1. The molecule has 7 nitrogen and oxygen atoms in total. The Morgan fingerprint density at radius 2 is 1.85 bits per heavy atom. The van der Waals surface area contributed by atoms with Gasteiger partial charge in [0.25, 0.3) is 0 Å². The second kappa shape index (κ2) is 7.35. The van der Waals surface area contributed by atoms with Crippen LogP contribution in [0.25, 0.3) is 0 Å². The number of anilines is 1. The fourth-order valence-electron chi connectivity index (χ4n) is 3.78. The normalized spacial score (nSPS) is 21.2. The first kappa shape index (κ1) is 18.2. The third-order valence-electron chi connectivity index (χ3n) is 5.29. The number of carboxylic acids is 1. The molecule has 0 aliphatic carbocycles. The number of hydrogen-bond acceptors (Lipinski definition) is 3. The summed E-state index contributed by atoms with van der Waals surface area (Å²) in [5.41, 5.74) is 2.05. The Labute approximate surface area is 153 Å². The molecule has 3 amide bonds. The van der Waals surface area contributed by atoms with Crippen molar-refractivity contribution >= 4 is 23.6 Å². The highest BCUT2D eigenvalue weighted by Crippen LogP contribution is 2.32. The number of carbonyl (C=O) groups excluding carboxylic acids is 2. The van der Waals surface area contributed by atoms with Crippen molar-refractivity contribution < 1.29 is 19.5 Å². The average molecular weight is 359 g/mol. The first-order chi connectivity index (χ1) is 12.4. The van der Waals surface area contributed by atoms with Crippen LogP contribution in [0.4, 0.5) is 10.5 Å². The Kier molecular flexibility index (Phi) is 5.15. The molecule has 0 aromatic heterocycles. The highest BCUT2D eigenvalue weighted by atomic mass is 16.4. The number of urea groups is 1. The number of aliphatic carboxylic acids is 1. The number of carboxylic acid groups (broad SMARTS) is 1. The number of para-hydroxylation sites is 1.